The van der Waals surface area contributed by atoms with Gasteiger partial charge in [-0.3, -0.25) is 14.4 Å². The lowest BCUT2D eigenvalue weighted by Gasteiger charge is -2.18. The standard InChI is InChI=1S/C61H108O6/c1-4-7-10-13-16-19-22-25-28-30-32-33-36-39-42-45-48-51-54-60(63)66-57-58(56-65-59(62)53-50-47-44-41-38-35-27-24-21-18-15-12-9-6-3)67-61(64)55-52-49-46-43-40-37-34-31-29-26-23-20-17-14-11-8-5-2/h15,18-19,22,24,26-30,58H,4-14,16-17,20-21,23,25,31-57H2,1-3H3/b18-15-,22-19-,27-24-,29-26-,30-28-. The highest BCUT2D eigenvalue weighted by molar-refractivity contribution is 5.71. The summed E-state index contributed by atoms with van der Waals surface area (Å²) in [5.41, 5.74) is 0. The van der Waals surface area contributed by atoms with Crippen molar-refractivity contribution >= 4 is 17.9 Å². The van der Waals surface area contributed by atoms with Crippen LogP contribution < -0.4 is 0 Å². The number of allylic oxidation sites excluding steroid dienone is 10. The highest BCUT2D eigenvalue weighted by atomic mass is 16.6. The number of hydrogen-bond acceptors (Lipinski definition) is 6. The van der Waals surface area contributed by atoms with Crippen LogP contribution in [0, 0.1) is 0 Å². The van der Waals surface area contributed by atoms with E-state index in [1.165, 1.54) is 161 Å². The molecule has 388 valence electrons. The molecule has 0 fully saturated rings. The fourth-order valence-corrected chi connectivity index (χ4v) is 8.07. The molecule has 0 rings (SSSR count). The van der Waals surface area contributed by atoms with Gasteiger partial charge in [-0.2, -0.15) is 0 Å². The van der Waals surface area contributed by atoms with Crippen molar-refractivity contribution < 1.29 is 28.6 Å². The average molecular weight is 938 g/mol. The predicted molar refractivity (Wildman–Crippen MR) is 288 cm³/mol. The third-order valence-corrected chi connectivity index (χ3v) is 12.5. The molecule has 0 bridgehead atoms. The van der Waals surface area contributed by atoms with Gasteiger partial charge < -0.3 is 14.2 Å². The van der Waals surface area contributed by atoms with E-state index in [1.54, 1.807) is 0 Å². The summed E-state index contributed by atoms with van der Waals surface area (Å²) in [6.07, 6.45) is 69.2. The topological polar surface area (TPSA) is 78.9 Å². The Labute approximate surface area is 415 Å². The zero-order valence-electron chi connectivity index (χ0n) is 44.4. The summed E-state index contributed by atoms with van der Waals surface area (Å²) >= 11 is 0. The zero-order valence-corrected chi connectivity index (χ0v) is 44.4. The SMILES string of the molecule is CCCC/C=C\C/C=C\CCCCCCCC(=O)OCC(COC(=O)CCCCCCCCC/C=C\C/C=C\CCCCCC)OC(=O)CCCCCCCCC/C=C\CCCCCCCC. The zero-order chi connectivity index (χ0) is 48.6. The minimum absolute atomic E-state index is 0.0839. The molecule has 0 aliphatic heterocycles. The molecule has 1 unspecified atom stereocenters. The van der Waals surface area contributed by atoms with Crippen LogP contribution in [0.4, 0.5) is 0 Å². The maximum atomic E-state index is 12.9. The molecule has 0 aliphatic carbocycles. The van der Waals surface area contributed by atoms with Crippen molar-refractivity contribution in [1.29, 1.82) is 0 Å². The molecular formula is C61H108O6. The first-order chi connectivity index (χ1) is 33.0. The van der Waals surface area contributed by atoms with Crippen LogP contribution in [0.1, 0.15) is 290 Å². The van der Waals surface area contributed by atoms with E-state index < -0.39 is 6.10 Å². The molecule has 0 saturated carbocycles. The van der Waals surface area contributed by atoms with Gasteiger partial charge in [0.25, 0.3) is 0 Å². The molecule has 67 heavy (non-hydrogen) atoms. The number of esters is 3. The third kappa shape index (κ3) is 53.9. The summed E-state index contributed by atoms with van der Waals surface area (Å²) in [6, 6.07) is 0. The Morgan fingerprint density at radius 1 is 0.299 bits per heavy atom. The van der Waals surface area contributed by atoms with Crippen LogP contribution in [0.25, 0.3) is 0 Å². The molecule has 6 nitrogen and oxygen atoms in total. The van der Waals surface area contributed by atoms with Gasteiger partial charge in [0.05, 0.1) is 0 Å². The first kappa shape index (κ1) is 64.1. The quantitative estimate of drug-likeness (QED) is 0.0262. The first-order valence-corrected chi connectivity index (χ1v) is 28.8. The summed E-state index contributed by atoms with van der Waals surface area (Å²) in [5, 5.41) is 0. The molecule has 0 aromatic carbocycles. The van der Waals surface area contributed by atoms with Crippen LogP contribution in [-0.4, -0.2) is 37.2 Å². The van der Waals surface area contributed by atoms with Crippen molar-refractivity contribution in [2.75, 3.05) is 13.2 Å². The summed E-state index contributed by atoms with van der Waals surface area (Å²) in [6.45, 7) is 6.58. The molecule has 0 spiro atoms. The van der Waals surface area contributed by atoms with Crippen LogP contribution in [-0.2, 0) is 28.6 Å². The molecule has 1 atom stereocenters. The molecule has 0 amide bonds. The van der Waals surface area contributed by atoms with Gasteiger partial charge in [-0.15, -0.1) is 0 Å². The van der Waals surface area contributed by atoms with E-state index >= 15 is 0 Å². The first-order valence-electron chi connectivity index (χ1n) is 28.8. The van der Waals surface area contributed by atoms with E-state index in [9.17, 15) is 14.4 Å². The Hall–Kier alpha value is -2.89. The van der Waals surface area contributed by atoms with Gasteiger partial charge in [0.1, 0.15) is 13.2 Å². The lowest BCUT2D eigenvalue weighted by molar-refractivity contribution is -0.167. The number of carbonyl (C=O) groups excluding carboxylic acids is 3. The second-order valence-corrected chi connectivity index (χ2v) is 19.2. The second-order valence-electron chi connectivity index (χ2n) is 19.2. The molecule has 0 saturated heterocycles. The number of ether oxygens (including phenoxy) is 3. The van der Waals surface area contributed by atoms with Crippen LogP contribution >= 0.6 is 0 Å². The van der Waals surface area contributed by atoms with Gasteiger partial charge in [0.15, 0.2) is 6.10 Å². The summed E-state index contributed by atoms with van der Waals surface area (Å²) in [5.74, 6) is -0.900. The molecule has 0 N–H and O–H groups in total. The number of rotatable bonds is 52. The Kier molecular flexibility index (Phi) is 53.3. The van der Waals surface area contributed by atoms with Crippen LogP contribution in [0.5, 0.6) is 0 Å². The Bertz CT molecular complexity index is 1210. The summed E-state index contributed by atoms with van der Waals surface area (Å²) < 4.78 is 16.9. The van der Waals surface area contributed by atoms with Crippen molar-refractivity contribution in [2.45, 2.75) is 297 Å². The number of carbonyl (C=O) groups is 3. The van der Waals surface area contributed by atoms with Gasteiger partial charge in [-0.05, 0) is 103 Å². The van der Waals surface area contributed by atoms with E-state index in [0.717, 1.165) is 89.9 Å². The second kappa shape index (κ2) is 55.7. The average Bonchev–Trinajstić information content (AvgIpc) is 3.33. The van der Waals surface area contributed by atoms with Gasteiger partial charge in [-0.25, -0.2) is 0 Å². The molecule has 0 aliphatic rings. The van der Waals surface area contributed by atoms with E-state index in [0.29, 0.717) is 19.3 Å². The van der Waals surface area contributed by atoms with Gasteiger partial charge >= 0.3 is 17.9 Å². The van der Waals surface area contributed by atoms with Gasteiger partial charge in [-0.1, -0.05) is 229 Å². The maximum absolute atomic E-state index is 12.9. The van der Waals surface area contributed by atoms with Crippen LogP contribution in [0.2, 0.25) is 0 Å². The molecular weight excluding hydrogens is 829 g/mol. The Morgan fingerprint density at radius 3 is 0.896 bits per heavy atom. The van der Waals surface area contributed by atoms with Gasteiger partial charge in [0.2, 0.25) is 0 Å². The highest BCUT2D eigenvalue weighted by Gasteiger charge is 2.19. The molecule has 0 aromatic heterocycles. The molecule has 0 aromatic rings. The fraction of sp³-hybridized carbons (Fsp3) is 0.787. The molecule has 0 heterocycles. The molecule has 0 radical (unpaired) electrons. The summed E-state index contributed by atoms with van der Waals surface area (Å²) in [4.78, 5) is 38.1. The normalized spacial score (nSPS) is 12.5. The monoisotopic (exact) mass is 937 g/mol. The Balaban J connectivity index is 4.40. The van der Waals surface area contributed by atoms with E-state index in [4.69, 9.17) is 14.2 Å². The van der Waals surface area contributed by atoms with E-state index in [-0.39, 0.29) is 31.1 Å². The van der Waals surface area contributed by atoms with Gasteiger partial charge in [0, 0.05) is 19.3 Å². The van der Waals surface area contributed by atoms with Crippen molar-refractivity contribution in [2.24, 2.45) is 0 Å². The Morgan fingerprint density at radius 2 is 0.552 bits per heavy atom. The van der Waals surface area contributed by atoms with E-state index in [2.05, 4.69) is 81.5 Å². The largest absolute Gasteiger partial charge is 0.462 e. The third-order valence-electron chi connectivity index (χ3n) is 12.5. The minimum atomic E-state index is -0.785. The smallest absolute Gasteiger partial charge is 0.306 e. The van der Waals surface area contributed by atoms with Crippen LogP contribution in [0.3, 0.4) is 0 Å². The lowest BCUT2D eigenvalue weighted by atomic mass is 10.1. The fourth-order valence-electron chi connectivity index (χ4n) is 8.07. The lowest BCUT2D eigenvalue weighted by Crippen LogP contribution is -2.30. The van der Waals surface area contributed by atoms with E-state index in [1.807, 2.05) is 0 Å². The van der Waals surface area contributed by atoms with Crippen molar-refractivity contribution in [1.82, 2.24) is 0 Å². The van der Waals surface area contributed by atoms with Crippen molar-refractivity contribution in [3.63, 3.8) is 0 Å². The highest BCUT2D eigenvalue weighted by Crippen LogP contribution is 2.15. The number of unbranched alkanes of at least 4 members (excludes halogenated alkanes) is 31. The predicted octanol–water partition coefficient (Wildman–Crippen LogP) is 19.2. The molecule has 6 heteroatoms. The summed E-state index contributed by atoms with van der Waals surface area (Å²) in [7, 11) is 0. The van der Waals surface area contributed by atoms with Crippen molar-refractivity contribution in [3.05, 3.63) is 60.8 Å². The maximum Gasteiger partial charge on any atom is 0.306 e. The van der Waals surface area contributed by atoms with Crippen molar-refractivity contribution in [3.8, 4) is 0 Å². The minimum Gasteiger partial charge on any atom is -0.462 e. The number of hydrogen-bond donors (Lipinski definition) is 0. The van der Waals surface area contributed by atoms with Crippen LogP contribution in [0.15, 0.2) is 60.8 Å².